The Bertz CT molecular complexity index is 999. The van der Waals surface area contributed by atoms with E-state index in [0.29, 0.717) is 28.2 Å². The van der Waals surface area contributed by atoms with Gasteiger partial charge in [0.25, 0.3) is 5.91 Å². The Morgan fingerprint density at radius 1 is 1.04 bits per heavy atom. The normalized spacial score (nSPS) is 10.4. The van der Waals surface area contributed by atoms with Gasteiger partial charge in [-0.15, -0.1) is 0 Å². The van der Waals surface area contributed by atoms with Crippen molar-refractivity contribution in [3.8, 4) is 17.2 Å². The van der Waals surface area contributed by atoms with Crippen molar-refractivity contribution in [2.75, 3.05) is 14.2 Å². The molecular weight excluding hydrogens is 348 g/mol. The van der Waals surface area contributed by atoms with Crippen LogP contribution in [0.25, 0.3) is 10.9 Å². The van der Waals surface area contributed by atoms with E-state index in [4.69, 9.17) is 15.2 Å². The number of nitrogens with two attached hydrogens (primary N) is 1. The van der Waals surface area contributed by atoms with E-state index >= 15 is 0 Å². The van der Waals surface area contributed by atoms with E-state index in [-0.39, 0.29) is 18.0 Å². The molecule has 0 aliphatic heterocycles. The average molecular weight is 366 g/mol. The lowest BCUT2D eigenvalue weighted by Crippen LogP contribution is -2.12. The molecule has 3 rings (SSSR count). The van der Waals surface area contributed by atoms with Crippen molar-refractivity contribution in [2.45, 2.75) is 6.42 Å². The molecular formula is C20H18N2O5. The average Bonchev–Trinajstić information content (AvgIpc) is 2.68. The number of hydrogen-bond donors (Lipinski definition) is 1. The first-order valence-corrected chi connectivity index (χ1v) is 8.12. The van der Waals surface area contributed by atoms with E-state index in [0.717, 1.165) is 5.56 Å². The van der Waals surface area contributed by atoms with E-state index in [1.54, 1.807) is 48.7 Å². The van der Waals surface area contributed by atoms with Gasteiger partial charge in [-0.2, -0.15) is 0 Å². The molecule has 1 aromatic heterocycles. The number of hydrogen-bond acceptors (Lipinski definition) is 6. The number of rotatable bonds is 6. The molecule has 0 saturated carbocycles. The number of amides is 1. The molecule has 3 aromatic rings. The lowest BCUT2D eigenvalue weighted by atomic mass is 10.1. The van der Waals surface area contributed by atoms with E-state index < -0.39 is 5.91 Å². The predicted octanol–water partition coefficient (Wildman–Crippen LogP) is 2.85. The quantitative estimate of drug-likeness (QED) is 0.673. The topological polar surface area (TPSA) is 101 Å². The number of aromatic nitrogens is 1. The monoisotopic (exact) mass is 366 g/mol. The highest BCUT2D eigenvalue weighted by Crippen LogP contribution is 2.33. The maximum absolute atomic E-state index is 11.7. The zero-order valence-electron chi connectivity index (χ0n) is 14.9. The van der Waals surface area contributed by atoms with Crippen LogP contribution in [0.2, 0.25) is 0 Å². The van der Waals surface area contributed by atoms with Gasteiger partial charge in [0.2, 0.25) is 0 Å². The number of carbonyl (C=O) groups is 2. The summed E-state index contributed by atoms with van der Waals surface area (Å²) >= 11 is 0. The smallest absolute Gasteiger partial charge is 0.309 e. The molecule has 1 heterocycles. The van der Waals surface area contributed by atoms with Crippen LogP contribution in [0, 0.1) is 0 Å². The number of benzene rings is 2. The molecule has 0 bridgehead atoms. The fourth-order valence-electron chi connectivity index (χ4n) is 2.64. The predicted molar refractivity (Wildman–Crippen MR) is 99.0 cm³/mol. The fourth-order valence-corrected chi connectivity index (χ4v) is 2.64. The largest absolute Gasteiger partial charge is 0.496 e. The molecule has 7 heteroatoms. The zero-order chi connectivity index (χ0) is 19.4. The van der Waals surface area contributed by atoms with E-state index in [9.17, 15) is 9.59 Å². The van der Waals surface area contributed by atoms with Crippen LogP contribution in [-0.2, 0) is 16.0 Å². The second kappa shape index (κ2) is 7.74. The van der Waals surface area contributed by atoms with Gasteiger partial charge in [-0.3, -0.25) is 14.6 Å². The summed E-state index contributed by atoms with van der Waals surface area (Å²) in [4.78, 5) is 27.3. The van der Waals surface area contributed by atoms with Crippen LogP contribution in [0.15, 0.2) is 48.7 Å². The van der Waals surface area contributed by atoms with Crippen LogP contribution in [0.1, 0.15) is 15.9 Å². The summed E-state index contributed by atoms with van der Waals surface area (Å²) < 4.78 is 15.8. The Labute approximate surface area is 155 Å². The van der Waals surface area contributed by atoms with Crippen LogP contribution in [0.3, 0.4) is 0 Å². The number of primary amides is 1. The second-order valence-electron chi connectivity index (χ2n) is 5.74. The van der Waals surface area contributed by atoms with Crippen LogP contribution >= 0.6 is 0 Å². The van der Waals surface area contributed by atoms with Gasteiger partial charge < -0.3 is 19.9 Å². The first kappa shape index (κ1) is 18.2. The summed E-state index contributed by atoms with van der Waals surface area (Å²) in [6.07, 6.45) is 1.80. The summed E-state index contributed by atoms with van der Waals surface area (Å²) in [7, 11) is 2.81. The van der Waals surface area contributed by atoms with Gasteiger partial charge in [0, 0.05) is 17.6 Å². The molecule has 0 unspecified atom stereocenters. The Morgan fingerprint density at radius 3 is 2.41 bits per heavy atom. The molecule has 1 amide bonds. The number of esters is 1. The summed E-state index contributed by atoms with van der Waals surface area (Å²) in [6, 6.07) is 12.0. The summed E-state index contributed by atoms with van der Waals surface area (Å²) in [5.74, 6) is 0.540. The number of pyridine rings is 1. The van der Waals surface area contributed by atoms with Gasteiger partial charge in [0.1, 0.15) is 17.2 Å². The SMILES string of the molecule is COC(=O)Cc1ccc(Oc2ccnc3cc(OC)c(C(N)=O)cc23)cc1. The summed E-state index contributed by atoms with van der Waals surface area (Å²) in [6.45, 7) is 0. The molecule has 7 nitrogen and oxygen atoms in total. The van der Waals surface area contributed by atoms with Crippen LogP contribution in [0.4, 0.5) is 0 Å². The van der Waals surface area contributed by atoms with Crippen molar-refractivity contribution in [1.82, 2.24) is 4.98 Å². The summed E-state index contributed by atoms with van der Waals surface area (Å²) in [5.41, 5.74) is 7.10. The minimum absolute atomic E-state index is 0.191. The molecule has 0 radical (unpaired) electrons. The van der Waals surface area contributed by atoms with Gasteiger partial charge in [-0.1, -0.05) is 12.1 Å². The van der Waals surface area contributed by atoms with E-state index in [1.807, 2.05) is 0 Å². The third kappa shape index (κ3) is 3.98. The highest BCUT2D eigenvalue weighted by atomic mass is 16.5. The molecule has 0 fully saturated rings. The van der Waals surface area contributed by atoms with Gasteiger partial charge in [-0.05, 0) is 29.8 Å². The van der Waals surface area contributed by atoms with Crippen molar-refractivity contribution in [1.29, 1.82) is 0 Å². The first-order valence-electron chi connectivity index (χ1n) is 8.12. The van der Waals surface area contributed by atoms with Gasteiger partial charge in [-0.25, -0.2) is 0 Å². The number of methoxy groups -OCH3 is 2. The minimum atomic E-state index is -0.601. The molecule has 0 saturated heterocycles. The van der Waals surface area contributed by atoms with E-state index in [2.05, 4.69) is 9.72 Å². The van der Waals surface area contributed by atoms with Crippen LogP contribution in [-0.4, -0.2) is 31.1 Å². The standard InChI is InChI=1S/C20H18N2O5/c1-25-18-11-16-14(10-15(18)20(21)24)17(7-8-22-16)27-13-5-3-12(4-6-13)9-19(23)26-2/h3-8,10-11H,9H2,1-2H3,(H2,21,24). The van der Waals surface area contributed by atoms with Gasteiger partial charge >= 0.3 is 5.97 Å². The first-order chi connectivity index (χ1) is 13.0. The molecule has 138 valence electrons. The molecule has 27 heavy (non-hydrogen) atoms. The number of fused-ring (bicyclic) bond motifs is 1. The number of carbonyl (C=O) groups excluding carboxylic acids is 2. The molecule has 0 aliphatic carbocycles. The van der Waals surface area contributed by atoms with Crippen molar-refractivity contribution in [2.24, 2.45) is 5.73 Å². The third-order valence-electron chi connectivity index (χ3n) is 4.02. The lowest BCUT2D eigenvalue weighted by Gasteiger charge is -2.12. The Kier molecular flexibility index (Phi) is 5.21. The number of ether oxygens (including phenoxy) is 3. The highest BCUT2D eigenvalue weighted by Gasteiger charge is 2.14. The maximum Gasteiger partial charge on any atom is 0.309 e. The molecule has 0 spiro atoms. The van der Waals surface area contributed by atoms with Gasteiger partial charge in [0.05, 0.1) is 31.7 Å². The Morgan fingerprint density at radius 2 is 1.78 bits per heavy atom. The van der Waals surface area contributed by atoms with Crippen molar-refractivity contribution in [3.05, 3.63) is 59.8 Å². The third-order valence-corrected chi connectivity index (χ3v) is 4.02. The highest BCUT2D eigenvalue weighted by molar-refractivity contribution is 6.01. The van der Waals surface area contributed by atoms with E-state index in [1.165, 1.54) is 14.2 Å². The number of nitrogens with zero attached hydrogens (tertiary/aromatic N) is 1. The summed E-state index contributed by atoms with van der Waals surface area (Å²) in [5, 5.41) is 0.630. The van der Waals surface area contributed by atoms with Crippen molar-refractivity contribution < 1.29 is 23.8 Å². The zero-order valence-corrected chi connectivity index (χ0v) is 14.9. The fraction of sp³-hybridized carbons (Fsp3) is 0.150. The maximum atomic E-state index is 11.7. The molecule has 2 N–H and O–H groups in total. The van der Waals surface area contributed by atoms with Crippen molar-refractivity contribution >= 4 is 22.8 Å². The second-order valence-corrected chi connectivity index (χ2v) is 5.74. The van der Waals surface area contributed by atoms with Crippen LogP contribution < -0.4 is 15.2 Å². The minimum Gasteiger partial charge on any atom is -0.496 e. The Balaban J connectivity index is 1.93. The molecule has 0 atom stereocenters. The van der Waals surface area contributed by atoms with Crippen LogP contribution in [0.5, 0.6) is 17.2 Å². The lowest BCUT2D eigenvalue weighted by molar-refractivity contribution is -0.139. The molecule has 2 aromatic carbocycles. The van der Waals surface area contributed by atoms with Crippen molar-refractivity contribution in [3.63, 3.8) is 0 Å². The van der Waals surface area contributed by atoms with Gasteiger partial charge in [0.15, 0.2) is 0 Å². The Hall–Kier alpha value is -3.61. The molecule has 0 aliphatic rings.